The predicted octanol–water partition coefficient (Wildman–Crippen LogP) is 2.28. The van der Waals surface area contributed by atoms with E-state index in [1.807, 2.05) is 0 Å². The first-order valence-corrected chi connectivity index (χ1v) is 8.48. The molecule has 2 atom stereocenters. The van der Waals surface area contributed by atoms with Gasteiger partial charge in [-0.1, -0.05) is 12.1 Å². The molecule has 1 aromatic rings. The van der Waals surface area contributed by atoms with Crippen LogP contribution in [0.25, 0.3) is 0 Å². The minimum Gasteiger partial charge on any atom is -0.497 e. The summed E-state index contributed by atoms with van der Waals surface area (Å²) in [7, 11) is 4.23. The minimum atomic E-state index is -1.00. The standard InChI is InChI=1S/C19H28N2O6/c1-12(17(23)26-7)20-16(22)15(13-8-10-14(25-6)11-9-13)21(5)18(24)27-19(2,3)4/h8-12,15H,1-7H3,(H,20,22)/t12-,15?/m1/s1. The maximum absolute atomic E-state index is 12.8. The quantitative estimate of drug-likeness (QED) is 0.761. The van der Waals surface area contributed by atoms with E-state index in [4.69, 9.17) is 9.47 Å². The van der Waals surface area contributed by atoms with Gasteiger partial charge in [0.2, 0.25) is 5.91 Å². The van der Waals surface area contributed by atoms with Crippen molar-refractivity contribution in [2.75, 3.05) is 21.3 Å². The number of carbonyl (C=O) groups excluding carboxylic acids is 3. The lowest BCUT2D eigenvalue weighted by atomic mass is 10.0. The molecule has 0 spiro atoms. The average Bonchev–Trinajstić information content (AvgIpc) is 2.60. The maximum Gasteiger partial charge on any atom is 0.410 e. The normalized spacial score (nSPS) is 13.1. The van der Waals surface area contributed by atoms with E-state index in [-0.39, 0.29) is 0 Å². The molecule has 8 nitrogen and oxygen atoms in total. The Labute approximate surface area is 159 Å². The van der Waals surface area contributed by atoms with Gasteiger partial charge in [0.05, 0.1) is 14.2 Å². The number of ether oxygens (including phenoxy) is 3. The maximum atomic E-state index is 12.8. The van der Waals surface area contributed by atoms with Crippen molar-refractivity contribution in [1.82, 2.24) is 10.2 Å². The Morgan fingerprint density at radius 2 is 1.63 bits per heavy atom. The van der Waals surface area contributed by atoms with Gasteiger partial charge in [0.25, 0.3) is 0 Å². The molecular weight excluding hydrogens is 352 g/mol. The van der Waals surface area contributed by atoms with Gasteiger partial charge in [0.1, 0.15) is 23.4 Å². The van der Waals surface area contributed by atoms with E-state index in [2.05, 4.69) is 10.1 Å². The number of rotatable bonds is 6. The second-order valence-corrected chi connectivity index (χ2v) is 7.02. The van der Waals surface area contributed by atoms with Crippen LogP contribution in [0, 0.1) is 0 Å². The predicted molar refractivity (Wildman–Crippen MR) is 99.4 cm³/mol. The third-order valence-electron chi connectivity index (χ3n) is 3.66. The van der Waals surface area contributed by atoms with Crippen LogP contribution in [-0.4, -0.2) is 55.8 Å². The Kier molecular flexibility index (Phi) is 7.63. The summed E-state index contributed by atoms with van der Waals surface area (Å²) in [5, 5.41) is 2.56. The van der Waals surface area contributed by atoms with Gasteiger partial charge in [-0.05, 0) is 45.4 Å². The zero-order valence-electron chi connectivity index (χ0n) is 16.9. The van der Waals surface area contributed by atoms with Gasteiger partial charge in [-0.15, -0.1) is 0 Å². The highest BCUT2D eigenvalue weighted by Gasteiger charge is 2.33. The molecule has 0 aliphatic rings. The van der Waals surface area contributed by atoms with Gasteiger partial charge < -0.3 is 19.5 Å². The molecule has 0 aromatic heterocycles. The highest BCUT2D eigenvalue weighted by Crippen LogP contribution is 2.24. The van der Waals surface area contributed by atoms with Crippen LogP contribution in [0.15, 0.2) is 24.3 Å². The average molecular weight is 380 g/mol. The molecule has 1 unspecified atom stereocenters. The number of carbonyl (C=O) groups is 3. The van der Waals surface area contributed by atoms with Crippen molar-refractivity contribution in [2.24, 2.45) is 0 Å². The highest BCUT2D eigenvalue weighted by molar-refractivity contribution is 5.90. The molecule has 0 bridgehead atoms. The SMILES string of the molecule is COC(=O)[C@@H](C)NC(=O)C(c1ccc(OC)cc1)N(C)C(=O)OC(C)(C)C. The fourth-order valence-corrected chi connectivity index (χ4v) is 2.30. The number of hydrogen-bond acceptors (Lipinski definition) is 6. The number of amides is 2. The summed E-state index contributed by atoms with van der Waals surface area (Å²) in [4.78, 5) is 38.1. The lowest BCUT2D eigenvalue weighted by Crippen LogP contribution is -2.47. The van der Waals surface area contributed by atoms with Crippen molar-refractivity contribution >= 4 is 18.0 Å². The van der Waals surface area contributed by atoms with Crippen LogP contribution in [0.1, 0.15) is 39.3 Å². The topological polar surface area (TPSA) is 94.2 Å². The zero-order chi connectivity index (χ0) is 20.8. The van der Waals surface area contributed by atoms with Gasteiger partial charge >= 0.3 is 12.1 Å². The Morgan fingerprint density at radius 1 is 1.07 bits per heavy atom. The summed E-state index contributed by atoms with van der Waals surface area (Å²) < 4.78 is 15.1. The first-order valence-electron chi connectivity index (χ1n) is 8.48. The van der Waals surface area contributed by atoms with Crippen molar-refractivity contribution < 1.29 is 28.6 Å². The number of esters is 1. The summed E-state index contributed by atoms with van der Waals surface area (Å²) in [6.07, 6.45) is -0.663. The number of nitrogens with zero attached hydrogens (tertiary/aromatic N) is 1. The largest absolute Gasteiger partial charge is 0.497 e. The Hall–Kier alpha value is -2.77. The smallest absolute Gasteiger partial charge is 0.410 e. The Morgan fingerprint density at radius 3 is 2.07 bits per heavy atom. The van der Waals surface area contributed by atoms with E-state index in [1.54, 1.807) is 45.0 Å². The number of likely N-dealkylation sites (N-methyl/N-ethyl adjacent to an activating group) is 1. The summed E-state index contributed by atoms with van der Waals surface area (Å²) in [6, 6.07) is 4.84. The molecule has 0 fully saturated rings. The van der Waals surface area contributed by atoms with Crippen molar-refractivity contribution in [3.8, 4) is 5.75 Å². The fourth-order valence-electron chi connectivity index (χ4n) is 2.30. The van der Waals surface area contributed by atoms with Crippen molar-refractivity contribution in [1.29, 1.82) is 0 Å². The third-order valence-corrected chi connectivity index (χ3v) is 3.66. The molecular formula is C19H28N2O6. The molecule has 1 aromatic carbocycles. The van der Waals surface area contributed by atoms with Crippen LogP contribution in [-0.2, 0) is 19.1 Å². The molecule has 0 saturated carbocycles. The number of nitrogens with one attached hydrogen (secondary N) is 1. The summed E-state index contributed by atoms with van der Waals surface area (Å²) in [6.45, 7) is 6.71. The molecule has 0 saturated heterocycles. The summed E-state index contributed by atoms with van der Waals surface area (Å²) >= 11 is 0. The Balaban J connectivity index is 3.16. The molecule has 2 amide bonds. The lowest BCUT2D eigenvalue weighted by Gasteiger charge is -2.30. The van der Waals surface area contributed by atoms with Crippen LogP contribution in [0.3, 0.4) is 0 Å². The van der Waals surface area contributed by atoms with Crippen LogP contribution in [0.4, 0.5) is 4.79 Å². The van der Waals surface area contributed by atoms with Crippen LogP contribution in [0.5, 0.6) is 5.75 Å². The van der Waals surface area contributed by atoms with Crippen molar-refractivity contribution in [3.05, 3.63) is 29.8 Å². The molecule has 0 heterocycles. The van der Waals surface area contributed by atoms with Gasteiger partial charge in [0, 0.05) is 7.05 Å². The van der Waals surface area contributed by atoms with Gasteiger partial charge in [0.15, 0.2) is 0 Å². The highest BCUT2D eigenvalue weighted by atomic mass is 16.6. The monoisotopic (exact) mass is 380 g/mol. The number of methoxy groups -OCH3 is 2. The second-order valence-electron chi connectivity index (χ2n) is 7.02. The van der Waals surface area contributed by atoms with Gasteiger partial charge in [-0.25, -0.2) is 9.59 Å². The van der Waals surface area contributed by atoms with E-state index < -0.39 is 35.7 Å². The minimum absolute atomic E-state index is 0.536. The fraction of sp³-hybridized carbons (Fsp3) is 0.526. The van der Waals surface area contributed by atoms with Crippen LogP contribution < -0.4 is 10.1 Å². The molecule has 0 radical (unpaired) electrons. The second kappa shape index (κ2) is 9.25. The van der Waals surface area contributed by atoms with Crippen LogP contribution >= 0.6 is 0 Å². The lowest BCUT2D eigenvalue weighted by molar-refractivity contribution is -0.145. The van der Waals surface area contributed by atoms with E-state index in [0.717, 1.165) is 0 Å². The van der Waals surface area contributed by atoms with Crippen molar-refractivity contribution in [2.45, 2.75) is 45.4 Å². The zero-order valence-corrected chi connectivity index (χ0v) is 16.9. The molecule has 27 heavy (non-hydrogen) atoms. The molecule has 0 aliphatic carbocycles. The third kappa shape index (κ3) is 6.47. The van der Waals surface area contributed by atoms with E-state index in [9.17, 15) is 14.4 Å². The molecule has 1 rings (SSSR count). The summed E-state index contributed by atoms with van der Waals surface area (Å²) in [5.41, 5.74) is -0.176. The van der Waals surface area contributed by atoms with Crippen molar-refractivity contribution in [3.63, 3.8) is 0 Å². The summed E-state index contributed by atoms with van der Waals surface area (Å²) in [5.74, 6) is -0.510. The number of hydrogen-bond donors (Lipinski definition) is 1. The molecule has 1 N–H and O–H groups in total. The van der Waals surface area contributed by atoms with Crippen LogP contribution in [0.2, 0.25) is 0 Å². The molecule has 150 valence electrons. The first kappa shape index (κ1) is 22.3. The van der Waals surface area contributed by atoms with E-state index >= 15 is 0 Å². The van der Waals surface area contributed by atoms with E-state index in [0.29, 0.717) is 11.3 Å². The Bertz CT molecular complexity index is 666. The first-order chi connectivity index (χ1) is 12.5. The molecule has 0 aliphatic heterocycles. The molecule has 8 heteroatoms. The van der Waals surface area contributed by atoms with E-state index in [1.165, 1.54) is 33.1 Å². The van der Waals surface area contributed by atoms with Gasteiger partial charge in [-0.2, -0.15) is 0 Å². The number of benzene rings is 1. The van der Waals surface area contributed by atoms with Gasteiger partial charge in [-0.3, -0.25) is 9.69 Å².